The number of hydrogen-bond acceptors (Lipinski definition) is 8. The van der Waals surface area contributed by atoms with Gasteiger partial charge in [0.05, 0.1) is 0 Å². The van der Waals surface area contributed by atoms with E-state index in [1.807, 2.05) is 12.1 Å². The standard InChI is InChI=1S/C52H38N8/c1-3-14-41(15-4-1)57-35-59(51-49(57)53-30-32-55-51)43-26-22-37(23-27-43)45-18-7-9-20-47(45)39-12-11-13-40(34-39)48-21-10-8-19-46(48)38-24-28-44(29-25-38)60-36-58(42-16-5-2-6-17-42)50-52(60)56-33-31-54-50/h1-34H,35-36H2. The summed E-state index contributed by atoms with van der Waals surface area (Å²) in [5.41, 5.74) is 13.7. The van der Waals surface area contributed by atoms with Gasteiger partial charge in [0.1, 0.15) is 13.3 Å². The van der Waals surface area contributed by atoms with Gasteiger partial charge in [-0.05, 0) is 99.1 Å². The van der Waals surface area contributed by atoms with E-state index < -0.39 is 0 Å². The van der Waals surface area contributed by atoms with Crippen LogP contribution in [0.15, 0.2) is 207 Å². The molecule has 0 aliphatic carbocycles. The Morgan fingerprint density at radius 1 is 0.267 bits per heavy atom. The lowest BCUT2D eigenvalue weighted by Crippen LogP contribution is -2.24. The third-order valence-electron chi connectivity index (χ3n) is 11.4. The number of nitrogens with zero attached hydrogens (tertiary/aromatic N) is 8. The Labute approximate surface area is 349 Å². The second-order valence-electron chi connectivity index (χ2n) is 14.8. The topological polar surface area (TPSA) is 64.5 Å². The van der Waals surface area contributed by atoms with Gasteiger partial charge >= 0.3 is 0 Å². The molecule has 0 radical (unpaired) electrons. The molecule has 0 atom stereocenters. The van der Waals surface area contributed by atoms with Gasteiger partial charge in [-0.15, -0.1) is 0 Å². The molecule has 0 spiro atoms. The molecule has 2 aliphatic heterocycles. The van der Waals surface area contributed by atoms with Gasteiger partial charge < -0.3 is 19.6 Å². The molecule has 0 bridgehead atoms. The molecule has 8 heteroatoms. The highest BCUT2D eigenvalue weighted by Crippen LogP contribution is 2.44. The maximum Gasteiger partial charge on any atom is 0.178 e. The van der Waals surface area contributed by atoms with Crippen LogP contribution in [-0.4, -0.2) is 33.3 Å². The Morgan fingerprint density at radius 3 is 0.917 bits per heavy atom. The number of fused-ring (bicyclic) bond motifs is 2. The van der Waals surface area contributed by atoms with Crippen molar-refractivity contribution in [2.24, 2.45) is 0 Å². The quantitative estimate of drug-likeness (QED) is 0.151. The van der Waals surface area contributed by atoms with Crippen LogP contribution in [0.3, 0.4) is 0 Å². The van der Waals surface area contributed by atoms with Crippen molar-refractivity contribution in [3.8, 4) is 44.5 Å². The third kappa shape index (κ3) is 6.27. The van der Waals surface area contributed by atoms with E-state index in [9.17, 15) is 0 Å². The highest BCUT2D eigenvalue weighted by Gasteiger charge is 2.32. The first-order valence-corrected chi connectivity index (χ1v) is 20.1. The largest absolute Gasteiger partial charge is 0.305 e. The monoisotopic (exact) mass is 774 g/mol. The van der Waals surface area contributed by atoms with Crippen molar-refractivity contribution in [1.82, 2.24) is 19.9 Å². The Kier molecular flexibility index (Phi) is 8.78. The van der Waals surface area contributed by atoms with Crippen LogP contribution in [0.2, 0.25) is 0 Å². The summed E-state index contributed by atoms with van der Waals surface area (Å²) in [6.45, 7) is 1.26. The first kappa shape index (κ1) is 35.1. The molecule has 0 fully saturated rings. The highest BCUT2D eigenvalue weighted by molar-refractivity contribution is 5.90. The van der Waals surface area contributed by atoms with Crippen molar-refractivity contribution < 1.29 is 0 Å². The van der Waals surface area contributed by atoms with Crippen LogP contribution in [0.5, 0.6) is 0 Å². The van der Waals surface area contributed by atoms with E-state index in [4.69, 9.17) is 19.9 Å². The number of anilines is 8. The van der Waals surface area contributed by atoms with Crippen LogP contribution in [0, 0.1) is 0 Å². The zero-order valence-corrected chi connectivity index (χ0v) is 32.6. The summed E-state index contributed by atoms with van der Waals surface area (Å²) < 4.78 is 0. The SMILES string of the molecule is c1ccc(N2CN(c3ccc(-c4ccccc4-c4cccc(-c5ccccc5-c5ccc(N6CN(c7ccccc7)c7nccnc76)cc5)c4)cc3)c3nccnc32)cc1. The molecule has 9 aromatic rings. The van der Waals surface area contributed by atoms with Crippen LogP contribution in [0.1, 0.15) is 0 Å². The van der Waals surface area contributed by atoms with Crippen molar-refractivity contribution >= 4 is 46.0 Å². The molecule has 8 nitrogen and oxygen atoms in total. The van der Waals surface area contributed by atoms with E-state index in [1.54, 1.807) is 24.8 Å². The minimum atomic E-state index is 0.632. The first-order valence-electron chi connectivity index (χ1n) is 20.1. The van der Waals surface area contributed by atoms with Crippen LogP contribution >= 0.6 is 0 Å². The molecule has 7 aromatic carbocycles. The maximum absolute atomic E-state index is 4.74. The fraction of sp³-hybridized carbons (Fsp3) is 0.0385. The van der Waals surface area contributed by atoms with Crippen LogP contribution in [0.4, 0.5) is 46.0 Å². The van der Waals surface area contributed by atoms with Crippen molar-refractivity contribution in [1.29, 1.82) is 0 Å². The molecular formula is C52H38N8. The molecule has 2 aromatic heterocycles. The lowest BCUT2D eigenvalue weighted by Gasteiger charge is -2.21. The molecule has 4 heterocycles. The number of para-hydroxylation sites is 2. The van der Waals surface area contributed by atoms with Crippen molar-refractivity contribution in [2.45, 2.75) is 0 Å². The summed E-state index contributed by atoms with van der Waals surface area (Å²) in [5, 5.41) is 0. The molecule has 0 saturated carbocycles. The van der Waals surface area contributed by atoms with Crippen LogP contribution in [-0.2, 0) is 0 Å². The summed E-state index contributed by atoms with van der Waals surface area (Å²) in [7, 11) is 0. The summed E-state index contributed by atoms with van der Waals surface area (Å²) in [4.78, 5) is 27.7. The summed E-state index contributed by atoms with van der Waals surface area (Å²) in [6.07, 6.45) is 7.04. The van der Waals surface area contributed by atoms with E-state index >= 15 is 0 Å². The molecule has 11 rings (SSSR count). The number of hydrogen-bond donors (Lipinski definition) is 0. The smallest absolute Gasteiger partial charge is 0.178 e. The van der Waals surface area contributed by atoms with Gasteiger partial charge in [-0.3, -0.25) is 0 Å². The summed E-state index contributed by atoms with van der Waals surface area (Å²) >= 11 is 0. The molecule has 0 saturated heterocycles. The van der Waals surface area contributed by atoms with Gasteiger partial charge in [0, 0.05) is 47.5 Å². The summed E-state index contributed by atoms with van der Waals surface area (Å²) in [6, 6.07) is 64.6. The van der Waals surface area contributed by atoms with Crippen LogP contribution in [0.25, 0.3) is 44.5 Å². The van der Waals surface area contributed by atoms with Gasteiger partial charge in [0.2, 0.25) is 0 Å². The Hall–Kier alpha value is -8.10. The van der Waals surface area contributed by atoms with Gasteiger partial charge in [0.15, 0.2) is 23.3 Å². The lowest BCUT2D eigenvalue weighted by atomic mass is 9.90. The molecule has 286 valence electrons. The van der Waals surface area contributed by atoms with Crippen molar-refractivity contribution in [2.75, 3.05) is 32.9 Å². The Morgan fingerprint density at radius 2 is 0.567 bits per heavy atom. The maximum atomic E-state index is 4.74. The van der Waals surface area contributed by atoms with Crippen molar-refractivity contribution in [3.05, 3.63) is 207 Å². The zero-order valence-electron chi connectivity index (χ0n) is 32.6. The second kappa shape index (κ2) is 15.0. The number of rotatable bonds is 8. The molecule has 60 heavy (non-hydrogen) atoms. The molecule has 0 N–H and O–H groups in total. The second-order valence-corrected chi connectivity index (χ2v) is 14.8. The molecule has 0 amide bonds. The molecule has 0 unspecified atom stereocenters. The van der Waals surface area contributed by atoms with Gasteiger partial charge in [-0.25, -0.2) is 19.9 Å². The Balaban J connectivity index is 0.872. The molecular weight excluding hydrogens is 737 g/mol. The predicted octanol–water partition coefficient (Wildman–Crippen LogP) is 12.4. The fourth-order valence-electron chi connectivity index (χ4n) is 8.46. The minimum Gasteiger partial charge on any atom is -0.305 e. The van der Waals surface area contributed by atoms with Gasteiger partial charge in [-0.2, -0.15) is 0 Å². The normalized spacial score (nSPS) is 13.1. The average molecular weight is 775 g/mol. The third-order valence-corrected chi connectivity index (χ3v) is 11.4. The van der Waals surface area contributed by atoms with E-state index in [1.165, 1.54) is 22.3 Å². The van der Waals surface area contributed by atoms with E-state index in [0.29, 0.717) is 13.3 Å². The minimum absolute atomic E-state index is 0.632. The van der Waals surface area contributed by atoms with E-state index in [-0.39, 0.29) is 0 Å². The number of benzene rings is 7. The van der Waals surface area contributed by atoms with E-state index in [0.717, 1.165) is 68.3 Å². The molecule has 2 aliphatic rings. The van der Waals surface area contributed by atoms with E-state index in [2.05, 4.69) is 189 Å². The van der Waals surface area contributed by atoms with Crippen LogP contribution < -0.4 is 19.6 Å². The average Bonchev–Trinajstić information content (AvgIpc) is 3.92. The highest BCUT2D eigenvalue weighted by atomic mass is 15.4. The fourth-order valence-corrected chi connectivity index (χ4v) is 8.46. The van der Waals surface area contributed by atoms with Crippen molar-refractivity contribution in [3.63, 3.8) is 0 Å². The summed E-state index contributed by atoms with van der Waals surface area (Å²) in [5.74, 6) is 3.42. The first-order chi connectivity index (χ1) is 29.8. The Bertz CT molecular complexity index is 2760. The zero-order chi connectivity index (χ0) is 39.8. The van der Waals surface area contributed by atoms with Gasteiger partial charge in [-0.1, -0.05) is 127 Å². The number of aromatic nitrogens is 4. The lowest BCUT2D eigenvalue weighted by molar-refractivity contribution is 0.976. The predicted molar refractivity (Wildman–Crippen MR) is 243 cm³/mol. The van der Waals surface area contributed by atoms with Gasteiger partial charge in [0.25, 0.3) is 0 Å².